The number of nitrogens with zero attached hydrogens (tertiary/aromatic N) is 3. The second kappa shape index (κ2) is 6.05. The zero-order valence-electron chi connectivity index (χ0n) is 10.7. The first kappa shape index (κ1) is 13.1. The summed E-state index contributed by atoms with van der Waals surface area (Å²) in [7, 11) is 0. The van der Waals surface area contributed by atoms with Crippen LogP contribution in [0.4, 0.5) is 4.79 Å². The minimum Gasteiger partial charge on any atom is -0.472 e. The molecule has 1 aromatic heterocycles. The fourth-order valence-electron chi connectivity index (χ4n) is 1.92. The molecule has 0 aliphatic carbocycles. The molecule has 2 rings (SSSR count). The van der Waals surface area contributed by atoms with Crippen LogP contribution in [-0.2, 0) is 4.74 Å². The van der Waals surface area contributed by atoms with Crippen molar-refractivity contribution in [2.45, 2.75) is 19.4 Å². The third-order valence-electron chi connectivity index (χ3n) is 2.82. The molecule has 0 radical (unpaired) electrons. The number of nitriles is 1. The van der Waals surface area contributed by atoms with Crippen molar-refractivity contribution in [2.75, 3.05) is 19.7 Å². The number of amides is 1. The molecule has 0 bridgehead atoms. The highest BCUT2D eigenvalue weighted by Crippen LogP contribution is 2.17. The fraction of sp³-hybridized carbons (Fsp3) is 0.462. The molecule has 1 saturated heterocycles. The summed E-state index contributed by atoms with van der Waals surface area (Å²) in [6, 6.07) is 5.24. The maximum atomic E-state index is 11.5. The van der Waals surface area contributed by atoms with Crippen LogP contribution in [0.5, 0.6) is 5.88 Å². The maximum Gasteiger partial charge on any atom is 0.409 e. The first-order chi connectivity index (χ1) is 9.22. The molecule has 1 aliphatic heterocycles. The first-order valence-electron chi connectivity index (χ1n) is 6.17. The van der Waals surface area contributed by atoms with Crippen LogP contribution < -0.4 is 4.74 Å². The molecule has 1 fully saturated rings. The normalized spacial score (nSPS) is 17.9. The van der Waals surface area contributed by atoms with Gasteiger partial charge in [-0.2, -0.15) is 5.26 Å². The Kier molecular flexibility index (Phi) is 4.18. The van der Waals surface area contributed by atoms with Crippen LogP contribution in [0.1, 0.15) is 18.9 Å². The Balaban J connectivity index is 1.91. The number of aromatic nitrogens is 1. The molecule has 100 valence electrons. The van der Waals surface area contributed by atoms with Crippen molar-refractivity contribution < 1.29 is 14.3 Å². The summed E-state index contributed by atoms with van der Waals surface area (Å²) in [6.07, 6.45) is 1.85. The van der Waals surface area contributed by atoms with E-state index in [4.69, 9.17) is 14.7 Å². The van der Waals surface area contributed by atoms with Crippen molar-refractivity contribution in [2.24, 2.45) is 0 Å². The third-order valence-corrected chi connectivity index (χ3v) is 2.82. The molecule has 0 N–H and O–H groups in total. The first-order valence-corrected chi connectivity index (χ1v) is 6.17. The van der Waals surface area contributed by atoms with Gasteiger partial charge in [-0.05, 0) is 13.0 Å². The van der Waals surface area contributed by atoms with Gasteiger partial charge in [-0.1, -0.05) is 0 Å². The predicted molar refractivity (Wildman–Crippen MR) is 66.6 cm³/mol. The minimum absolute atomic E-state index is 0.106. The number of carbonyl (C=O) groups excluding carboxylic acids is 1. The number of pyridine rings is 1. The lowest BCUT2D eigenvalue weighted by molar-refractivity contribution is 0.109. The van der Waals surface area contributed by atoms with Crippen LogP contribution in [0.2, 0.25) is 0 Å². The van der Waals surface area contributed by atoms with Crippen LogP contribution in [0.25, 0.3) is 0 Å². The van der Waals surface area contributed by atoms with Crippen molar-refractivity contribution in [1.29, 1.82) is 5.26 Å². The van der Waals surface area contributed by atoms with E-state index in [1.165, 1.54) is 6.20 Å². The molecule has 0 spiro atoms. The van der Waals surface area contributed by atoms with Gasteiger partial charge in [0.25, 0.3) is 0 Å². The number of hydrogen-bond acceptors (Lipinski definition) is 5. The van der Waals surface area contributed by atoms with E-state index in [1.54, 1.807) is 24.0 Å². The monoisotopic (exact) mass is 261 g/mol. The number of rotatable bonds is 3. The zero-order chi connectivity index (χ0) is 13.7. The van der Waals surface area contributed by atoms with Crippen molar-refractivity contribution in [3.63, 3.8) is 0 Å². The van der Waals surface area contributed by atoms with E-state index >= 15 is 0 Å². The standard InChI is InChI=1S/C13H15N3O3/c1-2-18-13(17)16-6-4-11(9-16)19-12-7-10(8-14)3-5-15-12/h3,5,7,11H,2,4,6,9H2,1H3. The van der Waals surface area contributed by atoms with E-state index in [-0.39, 0.29) is 12.2 Å². The van der Waals surface area contributed by atoms with Gasteiger partial charge in [-0.15, -0.1) is 0 Å². The van der Waals surface area contributed by atoms with Crippen LogP contribution in [0.15, 0.2) is 18.3 Å². The average Bonchev–Trinajstić information content (AvgIpc) is 2.88. The van der Waals surface area contributed by atoms with Crippen LogP contribution in [0, 0.1) is 11.3 Å². The highest BCUT2D eigenvalue weighted by atomic mass is 16.6. The van der Waals surface area contributed by atoms with E-state index in [0.29, 0.717) is 31.1 Å². The van der Waals surface area contributed by atoms with Gasteiger partial charge in [0, 0.05) is 25.2 Å². The Labute approximate surface area is 111 Å². The van der Waals surface area contributed by atoms with Gasteiger partial charge >= 0.3 is 6.09 Å². The summed E-state index contributed by atoms with van der Waals surface area (Å²) < 4.78 is 10.6. The van der Waals surface area contributed by atoms with Gasteiger partial charge in [0.1, 0.15) is 6.10 Å². The zero-order valence-corrected chi connectivity index (χ0v) is 10.7. The molecule has 6 nitrogen and oxygen atoms in total. The van der Waals surface area contributed by atoms with Gasteiger partial charge in [-0.25, -0.2) is 9.78 Å². The number of hydrogen-bond donors (Lipinski definition) is 0. The lowest BCUT2D eigenvalue weighted by Crippen LogP contribution is -2.31. The predicted octanol–water partition coefficient (Wildman–Crippen LogP) is 1.56. The van der Waals surface area contributed by atoms with Crippen molar-refractivity contribution in [3.05, 3.63) is 23.9 Å². The molecular weight excluding hydrogens is 246 g/mol. The maximum absolute atomic E-state index is 11.5. The molecule has 1 atom stereocenters. The summed E-state index contributed by atoms with van der Waals surface area (Å²) in [5, 5.41) is 8.79. The smallest absolute Gasteiger partial charge is 0.409 e. The summed E-state index contributed by atoms with van der Waals surface area (Å²) in [6.45, 7) is 3.24. The molecule has 1 amide bonds. The Morgan fingerprint density at radius 1 is 1.68 bits per heavy atom. The molecule has 0 aromatic carbocycles. The molecule has 6 heteroatoms. The summed E-state index contributed by atoms with van der Waals surface area (Å²) in [5.74, 6) is 0.412. The van der Waals surface area contributed by atoms with E-state index < -0.39 is 0 Å². The van der Waals surface area contributed by atoms with Gasteiger partial charge in [0.15, 0.2) is 0 Å². The molecule has 1 unspecified atom stereocenters. The molecule has 19 heavy (non-hydrogen) atoms. The molecule has 2 heterocycles. The second-order valence-electron chi connectivity index (χ2n) is 4.17. The summed E-state index contributed by atoms with van der Waals surface area (Å²) in [5.41, 5.74) is 0.505. The van der Waals surface area contributed by atoms with E-state index in [2.05, 4.69) is 4.98 Å². The lowest BCUT2D eigenvalue weighted by Gasteiger charge is -2.16. The molecule has 0 saturated carbocycles. The largest absolute Gasteiger partial charge is 0.472 e. The Hall–Kier alpha value is -2.29. The number of likely N-dealkylation sites (tertiary alicyclic amines) is 1. The van der Waals surface area contributed by atoms with Gasteiger partial charge < -0.3 is 14.4 Å². The van der Waals surface area contributed by atoms with E-state index in [1.807, 2.05) is 6.07 Å². The Morgan fingerprint density at radius 3 is 3.26 bits per heavy atom. The minimum atomic E-state index is -0.313. The lowest BCUT2D eigenvalue weighted by atomic mass is 10.3. The van der Waals surface area contributed by atoms with Gasteiger partial charge in [0.05, 0.1) is 24.8 Å². The van der Waals surface area contributed by atoms with Gasteiger partial charge in [-0.3, -0.25) is 0 Å². The molecule has 1 aromatic rings. The molecular formula is C13H15N3O3. The SMILES string of the molecule is CCOC(=O)N1CCC(Oc2cc(C#N)ccn2)C1. The van der Waals surface area contributed by atoms with Gasteiger partial charge in [0.2, 0.25) is 5.88 Å². The van der Waals surface area contributed by atoms with Crippen molar-refractivity contribution in [3.8, 4) is 11.9 Å². The quantitative estimate of drug-likeness (QED) is 0.825. The Morgan fingerprint density at radius 2 is 2.53 bits per heavy atom. The average molecular weight is 261 g/mol. The number of carbonyl (C=O) groups is 1. The highest BCUT2D eigenvalue weighted by Gasteiger charge is 2.28. The fourth-order valence-corrected chi connectivity index (χ4v) is 1.92. The van der Waals surface area contributed by atoms with E-state index in [9.17, 15) is 4.79 Å². The third kappa shape index (κ3) is 3.35. The topological polar surface area (TPSA) is 75.4 Å². The van der Waals surface area contributed by atoms with Crippen molar-refractivity contribution in [1.82, 2.24) is 9.88 Å². The van der Waals surface area contributed by atoms with E-state index in [0.717, 1.165) is 6.42 Å². The van der Waals surface area contributed by atoms with Crippen LogP contribution in [-0.4, -0.2) is 41.8 Å². The molecule has 1 aliphatic rings. The summed E-state index contributed by atoms with van der Waals surface area (Å²) in [4.78, 5) is 17.2. The number of ether oxygens (including phenoxy) is 2. The van der Waals surface area contributed by atoms with Crippen LogP contribution >= 0.6 is 0 Å². The summed E-state index contributed by atoms with van der Waals surface area (Å²) >= 11 is 0. The van der Waals surface area contributed by atoms with Crippen LogP contribution in [0.3, 0.4) is 0 Å². The Bertz CT molecular complexity index is 498. The second-order valence-corrected chi connectivity index (χ2v) is 4.17. The van der Waals surface area contributed by atoms with Crippen molar-refractivity contribution >= 4 is 6.09 Å². The highest BCUT2D eigenvalue weighted by molar-refractivity contribution is 5.68.